The number of likely N-dealkylation sites (tertiary alicyclic amines) is 1. The van der Waals surface area contributed by atoms with Gasteiger partial charge in [-0.2, -0.15) is 0 Å². The molecule has 1 atom stereocenters. The number of carbonyl (C=O) groups excluding carboxylic acids is 1. The number of pyridine rings is 1. The molecule has 1 saturated heterocycles. The predicted molar refractivity (Wildman–Crippen MR) is 98.7 cm³/mol. The first-order valence-electron chi connectivity index (χ1n) is 8.89. The zero-order valence-electron chi connectivity index (χ0n) is 15.0. The van der Waals surface area contributed by atoms with Crippen molar-refractivity contribution in [3.8, 4) is 23.0 Å². The zero-order valence-corrected chi connectivity index (χ0v) is 15.0. The van der Waals surface area contributed by atoms with E-state index in [-0.39, 0.29) is 11.6 Å². The molecule has 8 nitrogen and oxygen atoms in total. The summed E-state index contributed by atoms with van der Waals surface area (Å²) in [7, 11) is 2.08. The molecule has 1 fully saturated rings. The fourth-order valence-corrected chi connectivity index (χ4v) is 3.22. The van der Waals surface area contributed by atoms with Crippen LogP contribution in [-0.2, 0) is 0 Å². The Kier molecular flexibility index (Phi) is 4.88. The van der Waals surface area contributed by atoms with Crippen molar-refractivity contribution in [2.75, 3.05) is 20.1 Å². The minimum Gasteiger partial charge on any atom is -0.443 e. The Hall–Kier alpha value is -3.13. The summed E-state index contributed by atoms with van der Waals surface area (Å²) in [6.07, 6.45) is 8.39. The van der Waals surface area contributed by atoms with Crippen LogP contribution in [0.4, 0.5) is 0 Å². The Morgan fingerprint density at radius 1 is 1.26 bits per heavy atom. The molecule has 3 aromatic heterocycles. The summed E-state index contributed by atoms with van der Waals surface area (Å²) in [4.78, 5) is 32.4. The predicted octanol–water partition coefficient (Wildman–Crippen LogP) is 2.02. The average Bonchev–Trinajstić information content (AvgIpc) is 3.38. The van der Waals surface area contributed by atoms with E-state index in [0.29, 0.717) is 35.6 Å². The number of nitrogens with zero attached hydrogens (tertiary/aromatic N) is 5. The standard InChI is InChI=1S/C19H20N6O2/c1-25-9-4-5-13(25)11-23-18(26)17-16(14-6-2-3-7-20-14)24-15(12-22-17)19-21-8-10-27-19/h2-3,6-8,10,12-13H,4-5,9,11H2,1H3,(H,23,26). The van der Waals surface area contributed by atoms with Gasteiger partial charge in [0, 0.05) is 18.8 Å². The minimum absolute atomic E-state index is 0.240. The number of hydrogen-bond acceptors (Lipinski definition) is 7. The second-order valence-electron chi connectivity index (χ2n) is 6.49. The molecule has 0 spiro atoms. The van der Waals surface area contributed by atoms with Crippen LogP contribution in [0.1, 0.15) is 23.3 Å². The van der Waals surface area contributed by atoms with Crippen LogP contribution in [0.25, 0.3) is 23.0 Å². The quantitative estimate of drug-likeness (QED) is 0.740. The maximum absolute atomic E-state index is 12.8. The molecule has 1 aliphatic rings. The highest BCUT2D eigenvalue weighted by atomic mass is 16.3. The molecule has 1 unspecified atom stereocenters. The number of aromatic nitrogens is 4. The molecule has 1 amide bonds. The number of likely N-dealkylation sites (N-methyl/N-ethyl adjacent to an activating group) is 1. The van der Waals surface area contributed by atoms with Gasteiger partial charge < -0.3 is 14.6 Å². The molecule has 4 rings (SSSR count). The number of amides is 1. The van der Waals surface area contributed by atoms with Crippen molar-refractivity contribution >= 4 is 5.91 Å². The van der Waals surface area contributed by atoms with Crippen molar-refractivity contribution in [1.29, 1.82) is 0 Å². The molecular formula is C19H20N6O2. The summed E-state index contributed by atoms with van der Waals surface area (Å²) >= 11 is 0. The number of nitrogens with one attached hydrogen (secondary N) is 1. The smallest absolute Gasteiger partial charge is 0.272 e. The lowest BCUT2D eigenvalue weighted by Gasteiger charge is -2.19. The second-order valence-corrected chi connectivity index (χ2v) is 6.49. The zero-order chi connectivity index (χ0) is 18.6. The van der Waals surface area contributed by atoms with Crippen molar-refractivity contribution in [2.24, 2.45) is 0 Å². The number of rotatable bonds is 5. The van der Waals surface area contributed by atoms with Crippen LogP contribution in [-0.4, -0.2) is 56.9 Å². The molecule has 0 bridgehead atoms. The largest absolute Gasteiger partial charge is 0.443 e. The van der Waals surface area contributed by atoms with Crippen LogP contribution in [0, 0.1) is 0 Å². The van der Waals surface area contributed by atoms with E-state index < -0.39 is 0 Å². The van der Waals surface area contributed by atoms with Gasteiger partial charge in [0.2, 0.25) is 5.89 Å². The Bertz CT molecular complexity index is 913. The van der Waals surface area contributed by atoms with Crippen LogP contribution in [0.5, 0.6) is 0 Å². The second kappa shape index (κ2) is 7.63. The fraction of sp³-hybridized carbons (Fsp3) is 0.316. The van der Waals surface area contributed by atoms with Crippen LogP contribution < -0.4 is 5.32 Å². The van der Waals surface area contributed by atoms with Gasteiger partial charge >= 0.3 is 0 Å². The van der Waals surface area contributed by atoms with Crippen LogP contribution in [0.3, 0.4) is 0 Å². The van der Waals surface area contributed by atoms with E-state index in [1.165, 1.54) is 18.7 Å². The summed E-state index contributed by atoms with van der Waals surface area (Å²) < 4.78 is 5.30. The van der Waals surface area contributed by atoms with Crippen molar-refractivity contribution < 1.29 is 9.21 Å². The summed E-state index contributed by atoms with van der Waals surface area (Å²) in [6, 6.07) is 5.80. The first-order valence-corrected chi connectivity index (χ1v) is 8.89. The highest BCUT2D eigenvalue weighted by Crippen LogP contribution is 2.22. The molecule has 3 aromatic rings. The Labute approximate surface area is 156 Å². The summed E-state index contributed by atoms with van der Waals surface area (Å²) in [5.74, 6) is 0.0848. The SMILES string of the molecule is CN1CCCC1CNC(=O)c1ncc(-c2ncco2)nc1-c1ccccn1. The topological polar surface area (TPSA) is 97.0 Å². The van der Waals surface area contributed by atoms with E-state index in [1.807, 2.05) is 12.1 Å². The van der Waals surface area contributed by atoms with E-state index in [4.69, 9.17) is 4.42 Å². The highest BCUT2D eigenvalue weighted by Gasteiger charge is 2.24. The van der Waals surface area contributed by atoms with Gasteiger partial charge in [-0.1, -0.05) is 6.07 Å². The third-order valence-electron chi connectivity index (χ3n) is 4.72. The molecule has 0 saturated carbocycles. The van der Waals surface area contributed by atoms with E-state index >= 15 is 0 Å². The lowest BCUT2D eigenvalue weighted by Crippen LogP contribution is -2.38. The molecular weight excluding hydrogens is 344 g/mol. The van der Waals surface area contributed by atoms with Crippen molar-refractivity contribution in [3.05, 3.63) is 48.7 Å². The van der Waals surface area contributed by atoms with Crippen LogP contribution in [0.15, 0.2) is 47.5 Å². The lowest BCUT2D eigenvalue weighted by molar-refractivity contribution is 0.0939. The van der Waals surface area contributed by atoms with Crippen molar-refractivity contribution in [1.82, 2.24) is 30.2 Å². The van der Waals surface area contributed by atoms with Crippen molar-refractivity contribution in [3.63, 3.8) is 0 Å². The fourth-order valence-electron chi connectivity index (χ4n) is 3.22. The first-order chi connectivity index (χ1) is 13.2. The maximum atomic E-state index is 12.8. The molecule has 4 heterocycles. The van der Waals surface area contributed by atoms with Gasteiger partial charge in [-0.05, 0) is 38.6 Å². The monoisotopic (exact) mass is 364 g/mol. The van der Waals surface area contributed by atoms with E-state index in [9.17, 15) is 4.79 Å². The Morgan fingerprint density at radius 3 is 2.89 bits per heavy atom. The molecule has 8 heteroatoms. The molecule has 27 heavy (non-hydrogen) atoms. The van der Waals surface area contributed by atoms with E-state index in [0.717, 1.165) is 19.4 Å². The first kappa shape index (κ1) is 17.3. The van der Waals surface area contributed by atoms with Gasteiger partial charge in [-0.3, -0.25) is 9.78 Å². The molecule has 0 aliphatic carbocycles. The minimum atomic E-state index is -0.262. The third kappa shape index (κ3) is 3.70. The average molecular weight is 364 g/mol. The molecule has 1 N–H and O–H groups in total. The summed E-state index contributed by atoms with van der Waals surface area (Å²) in [5, 5.41) is 2.99. The number of oxazole rings is 1. The van der Waals surface area contributed by atoms with Crippen LogP contribution >= 0.6 is 0 Å². The molecule has 0 radical (unpaired) electrons. The van der Waals surface area contributed by atoms with Gasteiger partial charge in [0.1, 0.15) is 17.7 Å². The Morgan fingerprint density at radius 2 is 2.19 bits per heavy atom. The van der Waals surface area contributed by atoms with Gasteiger partial charge in [0.15, 0.2) is 5.69 Å². The van der Waals surface area contributed by atoms with Crippen molar-refractivity contribution in [2.45, 2.75) is 18.9 Å². The van der Waals surface area contributed by atoms with Gasteiger partial charge in [-0.25, -0.2) is 15.0 Å². The highest BCUT2D eigenvalue weighted by molar-refractivity contribution is 5.97. The van der Waals surface area contributed by atoms with Crippen LogP contribution in [0.2, 0.25) is 0 Å². The number of carbonyl (C=O) groups is 1. The third-order valence-corrected chi connectivity index (χ3v) is 4.72. The van der Waals surface area contributed by atoms with E-state index in [2.05, 4.69) is 37.2 Å². The molecule has 138 valence electrons. The molecule has 0 aromatic carbocycles. The Balaban J connectivity index is 1.63. The van der Waals surface area contributed by atoms with Gasteiger partial charge in [0.25, 0.3) is 5.91 Å². The summed E-state index contributed by atoms with van der Waals surface area (Å²) in [5.41, 5.74) is 1.67. The normalized spacial score (nSPS) is 17.1. The molecule has 1 aliphatic heterocycles. The maximum Gasteiger partial charge on any atom is 0.272 e. The van der Waals surface area contributed by atoms with Gasteiger partial charge in [-0.15, -0.1) is 0 Å². The number of hydrogen-bond donors (Lipinski definition) is 1. The van der Waals surface area contributed by atoms with Gasteiger partial charge in [0.05, 0.1) is 18.1 Å². The lowest BCUT2D eigenvalue weighted by atomic mass is 10.1. The summed E-state index contributed by atoms with van der Waals surface area (Å²) in [6.45, 7) is 1.64. The van der Waals surface area contributed by atoms with E-state index in [1.54, 1.807) is 12.3 Å².